The Balaban J connectivity index is 3.78. The average molecular weight is 208 g/mol. The Labute approximate surface area is 81.8 Å². The Kier molecular flexibility index (Phi) is 6.10. The van der Waals surface area contributed by atoms with Gasteiger partial charge in [0.2, 0.25) is 4.38 Å². The van der Waals surface area contributed by atoms with E-state index in [4.69, 9.17) is 21.7 Å². The molecule has 0 spiro atoms. The summed E-state index contributed by atoms with van der Waals surface area (Å²) in [6.45, 7) is 3.89. The van der Waals surface area contributed by atoms with Crippen molar-refractivity contribution in [3.8, 4) is 0 Å². The molecule has 0 aliphatic heterocycles. The molecule has 0 saturated heterocycles. The first kappa shape index (κ1) is 11.7. The number of hydrogen-bond acceptors (Lipinski definition) is 5. The second kappa shape index (κ2) is 6.25. The van der Waals surface area contributed by atoms with Crippen molar-refractivity contribution in [1.29, 1.82) is 0 Å². The lowest BCUT2D eigenvalue weighted by Crippen LogP contribution is -2.18. The molecule has 0 rings (SSSR count). The average Bonchev–Trinajstić information content (AvgIpc) is 2.04. The number of esters is 1. The minimum Gasteiger partial charge on any atom is -0.482 e. The normalized spacial score (nSPS) is 11.9. The predicted molar refractivity (Wildman–Crippen MR) is 53.3 cm³/mol. The van der Waals surface area contributed by atoms with Crippen LogP contribution in [-0.2, 0) is 14.3 Å². The minimum absolute atomic E-state index is 0.262. The Morgan fingerprint density at radius 2 is 2.25 bits per heavy atom. The van der Waals surface area contributed by atoms with Crippen LogP contribution < -0.4 is 0 Å². The number of ether oxygens (including phenoxy) is 2. The monoisotopic (exact) mass is 208 g/mol. The lowest BCUT2D eigenvalue weighted by Gasteiger charge is -2.09. The molecule has 0 aliphatic carbocycles. The quantitative estimate of drug-likeness (QED) is 0.520. The standard InChI is InChI=1S/C7H12O3S2/c1-4-10-6(8)5(2)12-7(11)9-3/h5H,4H2,1-3H3. The Morgan fingerprint density at radius 3 is 2.67 bits per heavy atom. The van der Waals surface area contributed by atoms with Gasteiger partial charge < -0.3 is 9.47 Å². The SMILES string of the molecule is CCOC(=O)C(C)SC(=S)OC. The van der Waals surface area contributed by atoms with Crippen molar-refractivity contribution < 1.29 is 14.3 Å². The predicted octanol–water partition coefficient (Wildman–Crippen LogP) is 1.60. The molecule has 0 bridgehead atoms. The molecule has 70 valence electrons. The van der Waals surface area contributed by atoms with Gasteiger partial charge in [-0.05, 0) is 26.1 Å². The van der Waals surface area contributed by atoms with E-state index in [0.29, 0.717) is 11.0 Å². The summed E-state index contributed by atoms with van der Waals surface area (Å²) in [6, 6.07) is 0. The van der Waals surface area contributed by atoms with E-state index in [2.05, 4.69) is 0 Å². The Hall–Kier alpha value is -0.290. The van der Waals surface area contributed by atoms with Gasteiger partial charge in [0.1, 0.15) is 5.25 Å². The van der Waals surface area contributed by atoms with Crippen molar-refractivity contribution >= 4 is 34.3 Å². The van der Waals surface area contributed by atoms with Crippen LogP contribution in [0.2, 0.25) is 0 Å². The summed E-state index contributed by atoms with van der Waals surface area (Å²) < 4.78 is 9.87. The highest BCUT2D eigenvalue weighted by Crippen LogP contribution is 2.14. The van der Waals surface area contributed by atoms with E-state index < -0.39 is 0 Å². The van der Waals surface area contributed by atoms with E-state index >= 15 is 0 Å². The van der Waals surface area contributed by atoms with Crippen molar-refractivity contribution in [3.05, 3.63) is 0 Å². The molecule has 12 heavy (non-hydrogen) atoms. The minimum atomic E-state index is -0.294. The van der Waals surface area contributed by atoms with Crippen molar-refractivity contribution in [2.75, 3.05) is 13.7 Å². The van der Waals surface area contributed by atoms with Crippen LogP contribution in [0.1, 0.15) is 13.8 Å². The van der Waals surface area contributed by atoms with Crippen molar-refractivity contribution in [3.63, 3.8) is 0 Å². The Morgan fingerprint density at radius 1 is 1.67 bits per heavy atom. The molecule has 0 amide bonds. The fraction of sp³-hybridized carbons (Fsp3) is 0.714. The van der Waals surface area contributed by atoms with E-state index in [9.17, 15) is 4.79 Å². The van der Waals surface area contributed by atoms with E-state index in [1.807, 2.05) is 0 Å². The number of rotatable bonds is 3. The zero-order chi connectivity index (χ0) is 9.56. The summed E-state index contributed by atoms with van der Waals surface area (Å²) in [5.41, 5.74) is 0. The first-order valence-corrected chi connectivity index (χ1v) is 4.81. The molecular weight excluding hydrogens is 196 g/mol. The third kappa shape index (κ3) is 4.56. The lowest BCUT2D eigenvalue weighted by atomic mass is 10.5. The topological polar surface area (TPSA) is 35.5 Å². The number of carbonyl (C=O) groups excluding carboxylic acids is 1. The fourth-order valence-corrected chi connectivity index (χ4v) is 1.48. The van der Waals surface area contributed by atoms with Gasteiger partial charge in [0, 0.05) is 0 Å². The summed E-state index contributed by atoms with van der Waals surface area (Å²) in [7, 11) is 1.48. The first-order valence-electron chi connectivity index (χ1n) is 3.53. The maximum Gasteiger partial charge on any atom is 0.319 e. The highest BCUT2D eigenvalue weighted by Gasteiger charge is 2.16. The molecule has 0 aromatic carbocycles. The molecule has 0 aromatic rings. The van der Waals surface area contributed by atoms with E-state index in [-0.39, 0.29) is 11.2 Å². The van der Waals surface area contributed by atoms with Crippen molar-refractivity contribution in [2.45, 2.75) is 19.1 Å². The van der Waals surface area contributed by atoms with Crippen LogP contribution in [0, 0.1) is 0 Å². The van der Waals surface area contributed by atoms with Crippen LogP contribution in [0.25, 0.3) is 0 Å². The zero-order valence-corrected chi connectivity index (χ0v) is 8.96. The molecule has 0 N–H and O–H groups in total. The third-order valence-corrected chi connectivity index (χ3v) is 2.42. The second-order valence-corrected chi connectivity index (χ2v) is 3.91. The van der Waals surface area contributed by atoms with E-state index in [0.717, 1.165) is 0 Å². The van der Waals surface area contributed by atoms with Crippen LogP contribution in [0.5, 0.6) is 0 Å². The van der Waals surface area contributed by atoms with Crippen molar-refractivity contribution in [2.24, 2.45) is 0 Å². The molecule has 0 radical (unpaired) electrons. The molecule has 1 unspecified atom stereocenters. The first-order chi connectivity index (χ1) is 5.61. The summed E-state index contributed by atoms with van der Waals surface area (Å²) in [6.07, 6.45) is 0. The van der Waals surface area contributed by atoms with Gasteiger partial charge in [0.25, 0.3) is 0 Å². The molecule has 0 fully saturated rings. The van der Waals surface area contributed by atoms with Gasteiger partial charge in [-0.25, -0.2) is 0 Å². The molecule has 0 aliphatic rings. The molecular formula is C7H12O3S2. The zero-order valence-electron chi connectivity index (χ0n) is 7.33. The number of hydrogen-bond donors (Lipinski definition) is 0. The molecule has 0 aromatic heterocycles. The molecule has 0 heterocycles. The molecule has 3 nitrogen and oxygen atoms in total. The van der Waals surface area contributed by atoms with Crippen molar-refractivity contribution in [1.82, 2.24) is 0 Å². The van der Waals surface area contributed by atoms with E-state index in [1.54, 1.807) is 13.8 Å². The largest absolute Gasteiger partial charge is 0.482 e. The smallest absolute Gasteiger partial charge is 0.319 e. The van der Waals surface area contributed by atoms with Gasteiger partial charge in [-0.2, -0.15) is 0 Å². The second-order valence-electron chi connectivity index (χ2n) is 1.97. The highest BCUT2D eigenvalue weighted by molar-refractivity contribution is 8.23. The number of thiocarbonyl (C=S) groups is 1. The van der Waals surface area contributed by atoms with Crippen LogP contribution in [0.15, 0.2) is 0 Å². The van der Waals surface area contributed by atoms with Gasteiger partial charge in [0.15, 0.2) is 0 Å². The third-order valence-electron chi connectivity index (χ3n) is 1.06. The molecule has 0 saturated carbocycles. The fourth-order valence-electron chi connectivity index (χ4n) is 0.500. The number of carbonyl (C=O) groups is 1. The number of thioether (sulfide) groups is 1. The molecule has 5 heteroatoms. The maximum absolute atomic E-state index is 11.0. The van der Waals surface area contributed by atoms with Crippen LogP contribution in [0.4, 0.5) is 0 Å². The molecule has 1 atom stereocenters. The van der Waals surface area contributed by atoms with Crippen LogP contribution in [0.3, 0.4) is 0 Å². The van der Waals surface area contributed by atoms with Gasteiger partial charge in [-0.1, -0.05) is 11.8 Å². The summed E-state index contributed by atoms with van der Waals surface area (Å²) in [5, 5.41) is -0.294. The number of methoxy groups -OCH3 is 1. The lowest BCUT2D eigenvalue weighted by molar-refractivity contribution is -0.142. The van der Waals surface area contributed by atoms with E-state index in [1.165, 1.54) is 18.9 Å². The summed E-state index contributed by atoms with van der Waals surface area (Å²) >= 11 is 5.95. The maximum atomic E-state index is 11.0. The van der Waals surface area contributed by atoms with Gasteiger partial charge in [0.05, 0.1) is 13.7 Å². The van der Waals surface area contributed by atoms with Gasteiger partial charge in [-0.3, -0.25) is 4.79 Å². The van der Waals surface area contributed by atoms with Gasteiger partial charge >= 0.3 is 5.97 Å². The van der Waals surface area contributed by atoms with Crippen LogP contribution >= 0.6 is 24.0 Å². The van der Waals surface area contributed by atoms with Gasteiger partial charge in [-0.15, -0.1) is 0 Å². The summed E-state index contributed by atoms with van der Waals surface area (Å²) in [4.78, 5) is 11.0. The summed E-state index contributed by atoms with van der Waals surface area (Å²) in [5.74, 6) is -0.262. The highest BCUT2D eigenvalue weighted by atomic mass is 32.2. The Bertz CT molecular complexity index is 170. The van der Waals surface area contributed by atoms with Crippen LogP contribution in [-0.4, -0.2) is 29.3 Å².